The Labute approximate surface area is 186 Å². The van der Waals surface area contributed by atoms with E-state index in [1.54, 1.807) is 37.3 Å². The lowest BCUT2D eigenvalue weighted by Gasteiger charge is -2.14. The Hall–Kier alpha value is -3.19. The summed E-state index contributed by atoms with van der Waals surface area (Å²) in [7, 11) is 0. The Kier molecular flexibility index (Phi) is 9.21. The van der Waals surface area contributed by atoms with Crippen LogP contribution in [0.1, 0.15) is 47.1 Å². The summed E-state index contributed by atoms with van der Waals surface area (Å²) >= 11 is 6.10. The Balaban J connectivity index is 2.10. The van der Waals surface area contributed by atoms with Crippen LogP contribution >= 0.6 is 11.6 Å². The van der Waals surface area contributed by atoms with Gasteiger partial charge in [0.2, 0.25) is 0 Å². The van der Waals surface area contributed by atoms with Crippen LogP contribution < -0.4 is 15.5 Å². The number of hydrogen-bond donors (Lipinski definition) is 2. The molecule has 2 aromatic rings. The monoisotopic (exact) mass is 445 g/mol. The summed E-state index contributed by atoms with van der Waals surface area (Å²) < 4.78 is 19.6. The number of amides is 1. The Morgan fingerprint density at radius 3 is 2.68 bits per heavy atom. The van der Waals surface area contributed by atoms with Crippen molar-refractivity contribution in [2.45, 2.75) is 27.3 Å². The van der Waals surface area contributed by atoms with Gasteiger partial charge in [-0.2, -0.15) is 5.10 Å². The van der Waals surface area contributed by atoms with E-state index in [0.29, 0.717) is 36.1 Å². The largest absolute Gasteiger partial charge is 0.493 e. The topological polar surface area (TPSA) is 79.8 Å². The molecule has 31 heavy (non-hydrogen) atoms. The van der Waals surface area contributed by atoms with Gasteiger partial charge in [-0.05, 0) is 55.3 Å². The molecule has 0 bridgehead atoms. The molecule has 2 aromatic carbocycles. The molecule has 0 unspecified atom stereocenters. The molecule has 1 amide bonds. The van der Waals surface area contributed by atoms with Crippen LogP contribution in [0.3, 0.4) is 0 Å². The van der Waals surface area contributed by atoms with Gasteiger partial charge in [-0.25, -0.2) is 4.39 Å². The number of carbonyl (C=O) groups is 2. The third-order valence-electron chi connectivity index (χ3n) is 4.02. The van der Waals surface area contributed by atoms with Crippen LogP contribution in [0.4, 0.5) is 4.39 Å². The predicted molar refractivity (Wildman–Crippen MR) is 120 cm³/mol. The number of hydrogen-bond acceptors (Lipinski definition) is 5. The molecule has 0 saturated heterocycles. The second-order valence-corrected chi connectivity index (χ2v) is 7.53. The van der Waals surface area contributed by atoms with Gasteiger partial charge >= 0.3 is 0 Å². The van der Waals surface area contributed by atoms with E-state index in [-0.39, 0.29) is 17.0 Å². The van der Waals surface area contributed by atoms with Crippen LogP contribution in [0.5, 0.6) is 5.75 Å². The molecule has 0 aliphatic rings. The number of halogens is 2. The van der Waals surface area contributed by atoms with Crippen molar-refractivity contribution in [1.82, 2.24) is 10.7 Å². The first kappa shape index (κ1) is 24.1. The van der Waals surface area contributed by atoms with Crippen molar-refractivity contribution in [3.63, 3.8) is 0 Å². The minimum absolute atomic E-state index is 0.0690. The van der Waals surface area contributed by atoms with Crippen molar-refractivity contribution in [1.29, 1.82) is 0 Å². The highest BCUT2D eigenvalue weighted by Crippen LogP contribution is 2.23. The van der Waals surface area contributed by atoms with E-state index in [1.807, 2.05) is 0 Å². The molecular weight excluding hydrogens is 421 g/mol. The van der Waals surface area contributed by atoms with Crippen LogP contribution in [-0.2, 0) is 6.54 Å². The third kappa shape index (κ3) is 7.53. The van der Waals surface area contributed by atoms with Crippen LogP contribution in [0.2, 0.25) is 5.02 Å². The molecule has 0 heterocycles. The number of aldehydes is 1. The summed E-state index contributed by atoms with van der Waals surface area (Å²) in [5.41, 5.74) is 3.66. The number of carbonyl (C=O) groups excluding carboxylic acids is 2. The summed E-state index contributed by atoms with van der Waals surface area (Å²) in [6, 6.07) is 8.96. The maximum absolute atomic E-state index is 13.8. The lowest BCUT2D eigenvalue weighted by molar-refractivity contribution is 0.0975. The summed E-state index contributed by atoms with van der Waals surface area (Å²) in [5.74, 6) is -0.0162. The van der Waals surface area contributed by atoms with Crippen molar-refractivity contribution in [2.75, 3.05) is 6.61 Å². The smallest absolute Gasteiger partial charge is 0.256 e. The number of benzene rings is 2. The van der Waals surface area contributed by atoms with Gasteiger partial charge in [-0.3, -0.25) is 9.59 Å². The molecule has 0 aromatic heterocycles. The van der Waals surface area contributed by atoms with Gasteiger partial charge in [0.25, 0.3) is 5.91 Å². The summed E-state index contributed by atoms with van der Waals surface area (Å²) in [6.07, 6.45) is 3.69. The second kappa shape index (κ2) is 11.9. The van der Waals surface area contributed by atoms with Crippen LogP contribution in [0, 0.1) is 11.7 Å². The normalized spacial score (nSPS) is 11.6. The SMILES string of the molecule is C/C=C/C(=N\NCc1cc(Cl)ccc1OCC(C)C)NC(=O)c1ccc(C=O)c(F)c1. The molecule has 0 radical (unpaired) electrons. The standard InChI is InChI=1S/C23H25ClFN3O3/c1-4-5-22(27-23(30)16-6-7-17(13-29)20(25)11-16)28-26-12-18-10-19(24)8-9-21(18)31-14-15(2)3/h4-11,13,15,26H,12,14H2,1-3H3,(H,27,28,30)/b5-4+. The average molecular weight is 446 g/mol. The van der Waals surface area contributed by atoms with Crippen molar-refractivity contribution in [3.05, 3.63) is 76.1 Å². The zero-order valence-electron chi connectivity index (χ0n) is 17.6. The van der Waals surface area contributed by atoms with Crippen LogP contribution in [0.15, 0.2) is 53.7 Å². The number of rotatable bonds is 9. The third-order valence-corrected chi connectivity index (χ3v) is 4.25. The molecule has 2 rings (SSSR count). The van der Waals surface area contributed by atoms with E-state index >= 15 is 0 Å². The maximum atomic E-state index is 13.8. The molecule has 0 aliphatic carbocycles. The molecule has 0 saturated carbocycles. The fourth-order valence-electron chi connectivity index (χ4n) is 2.51. The van der Waals surface area contributed by atoms with Crippen molar-refractivity contribution in [2.24, 2.45) is 11.0 Å². The lowest BCUT2D eigenvalue weighted by atomic mass is 10.1. The Morgan fingerprint density at radius 1 is 1.26 bits per heavy atom. The molecule has 0 fully saturated rings. The first-order chi connectivity index (χ1) is 14.8. The molecule has 0 aliphatic heterocycles. The minimum atomic E-state index is -0.764. The highest BCUT2D eigenvalue weighted by Gasteiger charge is 2.11. The first-order valence-electron chi connectivity index (χ1n) is 9.74. The Bertz CT molecular complexity index is 990. The maximum Gasteiger partial charge on any atom is 0.256 e. The summed E-state index contributed by atoms with van der Waals surface area (Å²) in [5, 5.41) is 7.37. The fraction of sp³-hybridized carbons (Fsp3) is 0.261. The van der Waals surface area contributed by atoms with Gasteiger partial charge in [0, 0.05) is 16.1 Å². The van der Waals surface area contributed by atoms with Gasteiger partial charge in [0.15, 0.2) is 12.1 Å². The molecule has 8 heteroatoms. The molecule has 164 valence electrons. The van der Waals surface area contributed by atoms with Gasteiger partial charge in [-0.15, -0.1) is 0 Å². The van der Waals surface area contributed by atoms with Gasteiger partial charge in [0.1, 0.15) is 11.6 Å². The average Bonchev–Trinajstić information content (AvgIpc) is 2.73. The van der Waals surface area contributed by atoms with Crippen LogP contribution in [0.25, 0.3) is 0 Å². The van der Waals surface area contributed by atoms with Crippen molar-refractivity contribution in [3.8, 4) is 5.75 Å². The van der Waals surface area contributed by atoms with E-state index in [1.165, 1.54) is 12.1 Å². The summed E-state index contributed by atoms with van der Waals surface area (Å²) in [4.78, 5) is 23.1. The van der Waals surface area contributed by atoms with Gasteiger partial charge < -0.3 is 15.5 Å². The van der Waals surface area contributed by atoms with Gasteiger partial charge in [-0.1, -0.05) is 31.5 Å². The minimum Gasteiger partial charge on any atom is -0.493 e. The van der Waals surface area contributed by atoms with E-state index in [4.69, 9.17) is 16.3 Å². The molecule has 2 N–H and O–H groups in total. The summed E-state index contributed by atoms with van der Waals surface area (Å²) in [6.45, 7) is 6.77. The highest BCUT2D eigenvalue weighted by molar-refractivity contribution is 6.30. The number of hydrazone groups is 1. The van der Waals surface area contributed by atoms with Crippen molar-refractivity contribution >= 4 is 29.6 Å². The zero-order valence-corrected chi connectivity index (χ0v) is 18.4. The lowest BCUT2D eigenvalue weighted by Crippen LogP contribution is -2.31. The number of allylic oxidation sites excluding steroid dienone is 1. The van der Waals surface area contributed by atoms with E-state index < -0.39 is 11.7 Å². The molecule has 0 spiro atoms. The van der Waals surface area contributed by atoms with E-state index in [2.05, 4.69) is 29.7 Å². The van der Waals surface area contributed by atoms with Gasteiger partial charge in [0.05, 0.1) is 18.7 Å². The van der Waals surface area contributed by atoms with Crippen LogP contribution in [-0.4, -0.2) is 24.6 Å². The van der Waals surface area contributed by atoms with E-state index in [9.17, 15) is 14.0 Å². The quantitative estimate of drug-likeness (QED) is 0.253. The molecule has 6 nitrogen and oxygen atoms in total. The number of ether oxygens (including phenoxy) is 1. The number of nitrogens with one attached hydrogen (secondary N) is 2. The fourth-order valence-corrected chi connectivity index (χ4v) is 2.71. The molecule has 0 atom stereocenters. The second-order valence-electron chi connectivity index (χ2n) is 7.10. The number of nitrogens with zero attached hydrogens (tertiary/aromatic N) is 1. The predicted octanol–water partition coefficient (Wildman–Crippen LogP) is 4.74. The highest BCUT2D eigenvalue weighted by atomic mass is 35.5. The first-order valence-corrected chi connectivity index (χ1v) is 10.1. The molecular formula is C23H25ClFN3O3. The van der Waals surface area contributed by atoms with E-state index in [0.717, 1.165) is 11.6 Å². The zero-order chi connectivity index (χ0) is 22.8. The van der Waals surface area contributed by atoms with Crippen molar-refractivity contribution < 1.29 is 18.7 Å². The Morgan fingerprint density at radius 2 is 2.03 bits per heavy atom. The number of amidine groups is 1.